The Hall–Kier alpha value is -0.170. The molecule has 0 aromatic rings. The second-order valence-corrected chi connectivity index (χ2v) is 8.66. The largest absolute Gasteiger partial charge is 0.387 e. The third kappa shape index (κ3) is 3.90. The first kappa shape index (κ1) is 15.2. The van der Waals surface area contributed by atoms with Crippen molar-refractivity contribution in [2.45, 2.75) is 49.0 Å². The summed E-state index contributed by atoms with van der Waals surface area (Å²) in [5.41, 5.74) is -0.646. The van der Waals surface area contributed by atoms with Gasteiger partial charge in [-0.1, -0.05) is 6.42 Å². The van der Waals surface area contributed by atoms with Crippen molar-refractivity contribution < 1.29 is 13.5 Å². The zero-order valence-corrected chi connectivity index (χ0v) is 12.7. The quantitative estimate of drug-likeness (QED) is 0.763. The molecular formula is C13H26N2O3S. The number of nitrogens with one attached hydrogen (secondary N) is 1. The summed E-state index contributed by atoms with van der Waals surface area (Å²) in [4.78, 5) is 2.16. The second-order valence-electron chi connectivity index (χ2n) is 6.34. The van der Waals surface area contributed by atoms with E-state index in [9.17, 15) is 13.5 Å². The Morgan fingerprint density at radius 2 is 2.16 bits per heavy atom. The second kappa shape index (κ2) is 5.68. The molecule has 0 amide bonds. The molecule has 0 radical (unpaired) electrons. The highest BCUT2D eigenvalue weighted by atomic mass is 32.2. The van der Waals surface area contributed by atoms with Gasteiger partial charge in [0.25, 0.3) is 0 Å². The molecule has 2 fully saturated rings. The highest BCUT2D eigenvalue weighted by molar-refractivity contribution is 7.91. The van der Waals surface area contributed by atoms with E-state index in [4.69, 9.17) is 0 Å². The summed E-state index contributed by atoms with van der Waals surface area (Å²) < 4.78 is 23.4. The number of hydrogen-bond donors (Lipinski definition) is 2. The molecule has 3 atom stereocenters. The van der Waals surface area contributed by atoms with E-state index in [1.165, 1.54) is 6.26 Å². The Labute approximate surface area is 116 Å². The Morgan fingerprint density at radius 1 is 1.42 bits per heavy atom. The van der Waals surface area contributed by atoms with Crippen LogP contribution in [0.1, 0.15) is 32.1 Å². The Kier molecular flexibility index (Phi) is 4.55. The zero-order valence-electron chi connectivity index (χ0n) is 11.9. The fourth-order valence-corrected chi connectivity index (χ4v) is 4.53. The van der Waals surface area contributed by atoms with Crippen LogP contribution in [0.4, 0.5) is 0 Å². The minimum Gasteiger partial charge on any atom is -0.387 e. The van der Waals surface area contributed by atoms with Gasteiger partial charge in [0.15, 0.2) is 0 Å². The van der Waals surface area contributed by atoms with Crippen molar-refractivity contribution in [3.05, 3.63) is 0 Å². The highest BCUT2D eigenvalue weighted by Crippen LogP contribution is 2.28. The molecule has 0 aromatic carbocycles. The molecule has 0 bridgehead atoms. The van der Waals surface area contributed by atoms with Crippen molar-refractivity contribution in [2.24, 2.45) is 0 Å². The van der Waals surface area contributed by atoms with Crippen LogP contribution in [-0.4, -0.2) is 68.3 Å². The van der Waals surface area contributed by atoms with Gasteiger partial charge in [0.2, 0.25) is 0 Å². The summed E-state index contributed by atoms with van der Waals surface area (Å²) >= 11 is 0. The molecule has 2 rings (SSSR count). The van der Waals surface area contributed by atoms with Crippen LogP contribution >= 0.6 is 0 Å². The third-order valence-corrected chi connectivity index (χ3v) is 6.23. The molecule has 6 heteroatoms. The lowest BCUT2D eigenvalue weighted by atomic mass is 9.92. The topological polar surface area (TPSA) is 69.6 Å². The number of nitrogens with zero attached hydrogens (tertiary/aromatic N) is 1. The maximum atomic E-state index is 11.7. The van der Waals surface area contributed by atoms with E-state index >= 15 is 0 Å². The van der Waals surface area contributed by atoms with Crippen molar-refractivity contribution in [2.75, 3.05) is 32.9 Å². The first-order valence-corrected chi connectivity index (χ1v) is 9.08. The van der Waals surface area contributed by atoms with Crippen molar-refractivity contribution in [3.63, 3.8) is 0 Å². The van der Waals surface area contributed by atoms with Crippen LogP contribution in [0, 0.1) is 0 Å². The van der Waals surface area contributed by atoms with Crippen molar-refractivity contribution in [1.82, 2.24) is 10.2 Å². The van der Waals surface area contributed by atoms with Crippen molar-refractivity contribution in [1.29, 1.82) is 0 Å². The van der Waals surface area contributed by atoms with Gasteiger partial charge in [0.1, 0.15) is 9.84 Å². The zero-order chi connectivity index (χ0) is 14.1. The van der Waals surface area contributed by atoms with Gasteiger partial charge in [0.05, 0.1) is 10.9 Å². The molecule has 112 valence electrons. The van der Waals surface area contributed by atoms with E-state index in [0.717, 1.165) is 32.2 Å². The number of likely N-dealkylation sites (N-methyl/N-ethyl adjacent to an activating group) is 1. The third-order valence-electron chi connectivity index (χ3n) is 4.59. The van der Waals surface area contributed by atoms with Crippen LogP contribution in [-0.2, 0) is 9.84 Å². The fraction of sp³-hybridized carbons (Fsp3) is 1.00. The Morgan fingerprint density at radius 3 is 2.74 bits per heavy atom. The highest BCUT2D eigenvalue weighted by Gasteiger charge is 2.36. The van der Waals surface area contributed by atoms with Crippen LogP contribution in [0.2, 0.25) is 0 Å². The molecule has 19 heavy (non-hydrogen) atoms. The molecule has 0 spiro atoms. The van der Waals surface area contributed by atoms with E-state index in [2.05, 4.69) is 10.2 Å². The molecule has 2 aliphatic rings. The van der Waals surface area contributed by atoms with Crippen LogP contribution < -0.4 is 5.32 Å². The molecule has 1 aliphatic heterocycles. The molecule has 1 saturated carbocycles. The molecule has 5 nitrogen and oxygen atoms in total. The molecule has 0 aromatic heterocycles. The lowest BCUT2D eigenvalue weighted by Crippen LogP contribution is -2.49. The standard InChI is InChI=1S/C13H26N2O3S/c1-15(10-13(16)6-7-14-9-13)11-4-3-5-12(8-11)19(2,17)18/h11-12,14,16H,3-10H2,1-2H3. The number of aliphatic hydroxyl groups is 1. The Balaban J connectivity index is 1.93. The number of β-amino-alcohol motifs (C(OH)–C–C–N with tert-alkyl or cyclic N) is 1. The van der Waals surface area contributed by atoms with Crippen molar-refractivity contribution >= 4 is 9.84 Å². The SMILES string of the molecule is CN(CC1(O)CCNC1)C1CCCC(S(C)(=O)=O)C1. The summed E-state index contributed by atoms with van der Waals surface area (Å²) in [7, 11) is -0.931. The average Bonchev–Trinajstić information content (AvgIpc) is 2.75. The van der Waals surface area contributed by atoms with Gasteiger partial charge in [-0.05, 0) is 39.3 Å². The first-order valence-electron chi connectivity index (χ1n) is 7.12. The predicted molar refractivity (Wildman–Crippen MR) is 76.0 cm³/mol. The summed E-state index contributed by atoms with van der Waals surface area (Å²) in [6.45, 7) is 2.13. The number of sulfone groups is 1. The fourth-order valence-electron chi connectivity index (χ4n) is 3.37. The minimum atomic E-state index is -2.94. The summed E-state index contributed by atoms with van der Waals surface area (Å²) in [5.74, 6) is 0. The van der Waals surface area contributed by atoms with Gasteiger partial charge < -0.3 is 15.3 Å². The van der Waals surface area contributed by atoms with Gasteiger partial charge >= 0.3 is 0 Å². The summed E-state index contributed by atoms with van der Waals surface area (Å²) in [5, 5.41) is 13.4. The monoisotopic (exact) mass is 290 g/mol. The molecular weight excluding hydrogens is 264 g/mol. The summed E-state index contributed by atoms with van der Waals surface area (Å²) in [6, 6.07) is 0.276. The molecule has 3 unspecified atom stereocenters. The van der Waals surface area contributed by atoms with E-state index in [0.29, 0.717) is 19.5 Å². The van der Waals surface area contributed by atoms with Gasteiger partial charge in [-0.2, -0.15) is 0 Å². The van der Waals surface area contributed by atoms with Gasteiger partial charge in [0, 0.05) is 25.4 Å². The average molecular weight is 290 g/mol. The maximum absolute atomic E-state index is 11.7. The lowest BCUT2D eigenvalue weighted by molar-refractivity contribution is 0.0116. The number of hydrogen-bond acceptors (Lipinski definition) is 5. The van der Waals surface area contributed by atoms with Crippen molar-refractivity contribution in [3.8, 4) is 0 Å². The van der Waals surface area contributed by atoms with E-state index < -0.39 is 15.4 Å². The molecule has 2 N–H and O–H groups in total. The van der Waals surface area contributed by atoms with E-state index in [1.807, 2.05) is 7.05 Å². The van der Waals surface area contributed by atoms with E-state index in [-0.39, 0.29) is 11.3 Å². The Bertz CT molecular complexity index is 404. The first-order chi connectivity index (χ1) is 8.80. The lowest BCUT2D eigenvalue weighted by Gasteiger charge is -2.38. The van der Waals surface area contributed by atoms with Crippen LogP contribution in [0.3, 0.4) is 0 Å². The molecule has 1 aliphatic carbocycles. The molecule has 1 saturated heterocycles. The van der Waals surface area contributed by atoms with E-state index in [1.54, 1.807) is 0 Å². The smallest absolute Gasteiger partial charge is 0.150 e. The normalized spacial score (nSPS) is 36.8. The predicted octanol–water partition coefficient (Wildman–Crippen LogP) is -0.00160. The summed E-state index contributed by atoms with van der Waals surface area (Å²) in [6.07, 6.45) is 5.61. The van der Waals surface area contributed by atoms with Crippen LogP contribution in [0.5, 0.6) is 0 Å². The van der Waals surface area contributed by atoms with Gasteiger partial charge in [-0.3, -0.25) is 0 Å². The van der Waals surface area contributed by atoms with Gasteiger partial charge in [-0.25, -0.2) is 8.42 Å². The maximum Gasteiger partial charge on any atom is 0.150 e. The van der Waals surface area contributed by atoms with Gasteiger partial charge in [-0.15, -0.1) is 0 Å². The number of rotatable bonds is 4. The van der Waals surface area contributed by atoms with Crippen LogP contribution in [0.25, 0.3) is 0 Å². The minimum absolute atomic E-state index is 0.204. The molecule has 1 heterocycles. The van der Waals surface area contributed by atoms with Crippen LogP contribution in [0.15, 0.2) is 0 Å².